The van der Waals surface area contributed by atoms with Crippen molar-refractivity contribution in [2.75, 3.05) is 0 Å². The van der Waals surface area contributed by atoms with Gasteiger partial charge in [0.25, 0.3) is 0 Å². The van der Waals surface area contributed by atoms with Crippen molar-refractivity contribution >= 4 is 8.80 Å². The van der Waals surface area contributed by atoms with Gasteiger partial charge in [-0.3, -0.25) is 0 Å². The standard InChI is InChI=1S/C19H34O3Si/c1-2-3-16-23(20-17-10-4-5-11-17,21-18-12-6-7-13-18)22-19-14-8-9-15-19/h3,16-19H,2,4-15H2,1H3. The maximum Gasteiger partial charge on any atom is 0.530 e. The highest BCUT2D eigenvalue weighted by Crippen LogP contribution is 2.33. The summed E-state index contributed by atoms with van der Waals surface area (Å²) in [4.78, 5) is 0. The molecule has 0 saturated heterocycles. The van der Waals surface area contributed by atoms with Gasteiger partial charge in [0.05, 0.1) is 0 Å². The van der Waals surface area contributed by atoms with E-state index >= 15 is 0 Å². The van der Waals surface area contributed by atoms with Crippen LogP contribution < -0.4 is 0 Å². The Hall–Kier alpha value is -0.163. The largest absolute Gasteiger partial charge is 0.530 e. The first-order chi connectivity index (χ1) is 11.3. The van der Waals surface area contributed by atoms with Gasteiger partial charge >= 0.3 is 8.80 Å². The highest BCUT2D eigenvalue weighted by Gasteiger charge is 2.46. The fraction of sp³-hybridized carbons (Fsp3) is 0.895. The molecule has 0 aromatic rings. The van der Waals surface area contributed by atoms with E-state index in [4.69, 9.17) is 13.3 Å². The van der Waals surface area contributed by atoms with Gasteiger partial charge in [-0.15, -0.1) is 0 Å². The molecule has 0 radical (unpaired) electrons. The normalized spacial score (nSPS) is 25.3. The Labute approximate surface area is 143 Å². The molecule has 0 amide bonds. The first-order valence-corrected chi connectivity index (χ1v) is 11.8. The summed E-state index contributed by atoms with van der Waals surface area (Å²) in [6, 6.07) is 0. The van der Waals surface area contributed by atoms with E-state index in [0.29, 0.717) is 18.3 Å². The second-order valence-electron chi connectivity index (χ2n) is 7.49. The maximum absolute atomic E-state index is 6.63. The molecular weight excluding hydrogens is 304 g/mol. The fourth-order valence-corrected chi connectivity index (χ4v) is 7.21. The lowest BCUT2D eigenvalue weighted by Crippen LogP contribution is -2.50. The van der Waals surface area contributed by atoms with Gasteiger partial charge in [-0.05, 0) is 50.6 Å². The van der Waals surface area contributed by atoms with Crippen molar-refractivity contribution in [2.45, 2.75) is 109 Å². The molecule has 0 atom stereocenters. The van der Waals surface area contributed by atoms with Crippen molar-refractivity contribution in [3.63, 3.8) is 0 Å². The zero-order chi connectivity index (χ0) is 16.0. The predicted octanol–water partition coefficient (Wildman–Crippen LogP) is 5.31. The molecule has 23 heavy (non-hydrogen) atoms. The van der Waals surface area contributed by atoms with Gasteiger partial charge in [-0.1, -0.05) is 51.5 Å². The van der Waals surface area contributed by atoms with E-state index in [2.05, 4.69) is 18.7 Å². The maximum atomic E-state index is 6.63. The van der Waals surface area contributed by atoms with E-state index in [1.807, 2.05) is 0 Å². The zero-order valence-electron chi connectivity index (χ0n) is 14.8. The molecule has 0 aromatic heterocycles. The summed E-state index contributed by atoms with van der Waals surface area (Å²) in [5.41, 5.74) is 2.21. The minimum atomic E-state index is -2.69. The molecule has 0 bridgehead atoms. The van der Waals surface area contributed by atoms with Crippen LogP contribution in [0.15, 0.2) is 11.8 Å². The van der Waals surface area contributed by atoms with E-state index in [0.717, 1.165) is 6.42 Å². The molecule has 0 aromatic carbocycles. The van der Waals surface area contributed by atoms with Crippen LogP contribution in [0, 0.1) is 0 Å². The highest BCUT2D eigenvalue weighted by atomic mass is 28.4. The summed E-state index contributed by atoms with van der Waals surface area (Å²) in [6.07, 6.45) is 19.1. The quantitative estimate of drug-likeness (QED) is 0.561. The summed E-state index contributed by atoms with van der Waals surface area (Å²) < 4.78 is 19.9. The molecule has 3 nitrogen and oxygen atoms in total. The van der Waals surface area contributed by atoms with Crippen molar-refractivity contribution in [3.8, 4) is 0 Å². The first-order valence-electron chi connectivity index (χ1n) is 10.0. The molecule has 0 aliphatic heterocycles. The lowest BCUT2D eigenvalue weighted by Gasteiger charge is -2.34. The predicted molar refractivity (Wildman–Crippen MR) is 95.2 cm³/mol. The molecule has 3 aliphatic carbocycles. The Morgan fingerprint density at radius 1 is 0.696 bits per heavy atom. The minimum Gasteiger partial charge on any atom is -0.367 e. The van der Waals surface area contributed by atoms with Crippen molar-refractivity contribution in [2.24, 2.45) is 0 Å². The molecule has 3 aliphatic rings. The van der Waals surface area contributed by atoms with Crippen molar-refractivity contribution in [1.29, 1.82) is 0 Å². The third kappa shape index (κ3) is 5.15. The van der Waals surface area contributed by atoms with E-state index in [1.54, 1.807) is 0 Å². The molecule has 3 rings (SSSR count). The molecule has 132 valence electrons. The molecular formula is C19H34O3Si. The first kappa shape index (κ1) is 17.7. The molecule has 3 saturated carbocycles. The summed E-state index contributed by atoms with van der Waals surface area (Å²) in [7, 11) is -2.69. The summed E-state index contributed by atoms with van der Waals surface area (Å²) in [5.74, 6) is 0. The summed E-state index contributed by atoms with van der Waals surface area (Å²) >= 11 is 0. The van der Waals surface area contributed by atoms with E-state index in [9.17, 15) is 0 Å². The van der Waals surface area contributed by atoms with E-state index in [1.165, 1.54) is 77.0 Å². The monoisotopic (exact) mass is 338 g/mol. The van der Waals surface area contributed by atoms with Crippen molar-refractivity contribution in [1.82, 2.24) is 0 Å². The SMILES string of the molecule is CCC=C[Si](OC1CCCC1)(OC1CCCC1)OC1CCCC1. The Kier molecular flexibility index (Phi) is 6.75. The molecule has 4 heteroatoms. The van der Waals surface area contributed by atoms with Crippen LogP contribution in [0.25, 0.3) is 0 Å². The lowest BCUT2D eigenvalue weighted by atomic mass is 10.3. The van der Waals surface area contributed by atoms with Crippen LogP contribution in [0.2, 0.25) is 0 Å². The van der Waals surface area contributed by atoms with Crippen LogP contribution >= 0.6 is 0 Å². The average Bonchev–Trinajstić information content (AvgIpc) is 3.28. The van der Waals surface area contributed by atoms with E-state index in [-0.39, 0.29) is 0 Å². The fourth-order valence-electron chi connectivity index (χ4n) is 4.18. The lowest BCUT2D eigenvalue weighted by molar-refractivity contribution is -0.00585. The zero-order valence-corrected chi connectivity index (χ0v) is 15.8. The molecule has 0 N–H and O–H groups in total. The second-order valence-corrected chi connectivity index (χ2v) is 9.73. The van der Waals surface area contributed by atoms with Gasteiger partial charge in [0, 0.05) is 18.3 Å². The molecule has 0 spiro atoms. The van der Waals surface area contributed by atoms with Gasteiger partial charge in [0.1, 0.15) is 0 Å². The van der Waals surface area contributed by atoms with Gasteiger partial charge in [0.15, 0.2) is 0 Å². The van der Waals surface area contributed by atoms with Crippen LogP contribution in [-0.2, 0) is 13.3 Å². The van der Waals surface area contributed by atoms with Gasteiger partial charge in [-0.25, -0.2) is 0 Å². The number of hydrogen-bond donors (Lipinski definition) is 0. The van der Waals surface area contributed by atoms with Crippen LogP contribution in [0.3, 0.4) is 0 Å². The van der Waals surface area contributed by atoms with Crippen molar-refractivity contribution < 1.29 is 13.3 Å². The Morgan fingerprint density at radius 2 is 1.04 bits per heavy atom. The number of hydrogen-bond acceptors (Lipinski definition) is 3. The molecule has 0 unspecified atom stereocenters. The van der Waals surface area contributed by atoms with Crippen LogP contribution in [0.4, 0.5) is 0 Å². The van der Waals surface area contributed by atoms with E-state index < -0.39 is 8.80 Å². The van der Waals surface area contributed by atoms with Gasteiger partial charge in [-0.2, -0.15) is 0 Å². The summed E-state index contributed by atoms with van der Waals surface area (Å²) in [5, 5.41) is 0. The van der Waals surface area contributed by atoms with Crippen LogP contribution in [0.5, 0.6) is 0 Å². The average molecular weight is 339 g/mol. The van der Waals surface area contributed by atoms with Crippen molar-refractivity contribution in [3.05, 3.63) is 11.8 Å². The van der Waals surface area contributed by atoms with Crippen LogP contribution in [-0.4, -0.2) is 27.1 Å². The Bertz CT molecular complexity index is 321. The second kappa shape index (κ2) is 8.79. The molecule has 0 heterocycles. The smallest absolute Gasteiger partial charge is 0.367 e. The summed E-state index contributed by atoms with van der Waals surface area (Å²) in [6.45, 7) is 2.18. The third-order valence-electron chi connectivity index (χ3n) is 5.46. The van der Waals surface area contributed by atoms with Gasteiger partial charge in [0.2, 0.25) is 0 Å². The topological polar surface area (TPSA) is 27.7 Å². The minimum absolute atomic E-state index is 0.353. The number of rotatable bonds is 8. The third-order valence-corrected chi connectivity index (χ3v) is 8.09. The van der Waals surface area contributed by atoms with Gasteiger partial charge < -0.3 is 13.3 Å². The Balaban J connectivity index is 1.74. The molecule has 3 fully saturated rings. The Morgan fingerprint density at radius 3 is 1.35 bits per heavy atom. The number of allylic oxidation sites excluding steroid dienone is 1. The van der Waals surface area contributed by atoms with Crippen LogP contribution in [0.1, 0.15) is 90.4 Å². The highest BCUT2D eigenvalue weighted by molar-refractivity contribution is 6.66.